The molecule has 8 heteroatoms. The normalized spacial score (nSPS) is 10.1. The largest absolute Gasteiger partial charge is 0.453 e. The van der Waals surface area contributed by atoms with E-state index in [-0.39, 0.29) is 12.3 Å². The van der Waals surface area contributed by atoms with Crippen LogP contribution in [-0.2, 0) is 16.0 Å². The van der Waals surface area contributed by atoms with Gasteiger partial charge in [0.15, 0.2) is 5.13 Å². The maximum absolute atomic E-state index is 12.0. The van der Waals surface area contributed by atoms with Crippen molar-refractivity contribution in [1.82, 2.24) is 4.98 Å². The van der Waals surface area contributed by atoms with Crippen LogP contribution < -0.4 is 10.6 Å². The molecule has 0 unspecified atom stereocenters. The van der Waals surface area contributed by atoms with Gasteiger partial charge in [-0.2, -0.15) is 0 Å². The Balaban J connectivity index is 1.89. The maximum Gasteiger partial charge on any atom is 0.413 e. The second-order valence-electron chi connectivity index (χ2n) is 4.21. The molecule has 2 rings (SSSR count). The van der Waals surface area contributed by atoms with Crippen LogP contribution in [0.25, 0.3) is 0 Å². The summed E-state index contributed by atoms with van der Waals surface area (Å²) in [7, 11) is 1.28. The summed E-state index contributed by atoms with van der Waals surface area (Å²) in [4.78, 5) is 28.3. The lowest BCUT2D eigenvalue weighted by molar-refractivity contribution is -0.115. The van der Waals surface area contributed by atoms with Crippen LogP contribution in [0.2, 0.25) is 0 Å². The maximum atomic E-state index is 12.0. The first-order valence-corrected chi connectivity index (χ1v) is 8.44. The van der Waals surface area contributed by atoms with E-state index in [9.17, 15) is 9.59 Å². The number of carbonyl (C=O) groups is 2. The highest BCUT2D eigenvalue weighted by Gasteiger charge is 2.10. The predicted octanol–water partition coefficient (Wildman–Crippen LogP) is 3.22. The first-order valence-electron chi connectivity index (χ1n) is 6.34. The number of anilines is 2. The lowest BCUT2D eigenvalue weighted by Crippen LogP contribution is -2.15. The van der Waals surface area contributed by atoms with Gasteiger partial charge in [0.05, 0.1) is 19.2 Å². The quantitative estimate of drug-likeness (QED) is 0.819. The van der Waals surface area contributed by atoms with Crippen LogP contribution in [0.4, 0.5) is 15.6 Å². The van der Waals surface area contributed by atoms with Gasteiger partial charge >= 0.3 is 6.09 Å². The summed E-state index contributed by atoms with van der Waals surface area (Å²) in [5.41, 5.74) is 1.33. The number of aromatic nitrogens is 1. The molecule has 0 bridgehead atoms. The molecular formula is C14H15N3O3S2. The zero-order valence-corrected chi connectivity index (χ0v) is 13.7. The Kier molecular flexibility index (Phi) is 5.79. The van der Waals surface area contributed by atoms with E-state index in [0.717, 1.165) is 10.6 Å². The molecule has 1 aromatic carbocycles. The molecule has 116 valence electrons. The monoisotopic (exact) mass is 337 g/mol. The molecule has 0 atom stereocenters. The number of nitrogens with one attached hydrogen (secondary N) is 2. The number of ether oxygens (including phenoxy) is 1. The number of thioether (sulfide) groups is 1. The number of benzene rings is 1. The molecule has 0 spiro atoms. The number of thiazole rings is 1. The Morgan fingerprint density at radius 2 is 2.00 bits per heavy atom. The number of methoxy groups -OCH3 is 1. The summed E-state index contributed by atoms with van der Waals surface area (Å²) in [5, 5.41) is 7.39. The van der Waals surface area contributed by atoms with Crippen LogP contribution in [-0.4, -0.2) is 30.3 Å². The molecule has 2 amide bonds. The number of nitrogens with zero attached hydrogens (tertiary/aromatic N) is 1. The van der Waals surface area contributed by atoms with Gasteiger partial charge in [-0.25, -0.2) is 9.78 Å². The molecule has 0 aliphatic heterocycles. The van der Waals surface area contributed by atoms with Crippen molar-refractivity contribution in [1.29, 1.82) is 0 Å². The Hall–Kier alpha value is -2.06. The zero-order chi connectivity index (χ0) is 15.9. The van der Waals surface area contributed by atoms with Gasteiger partial charge in [0.25, 0.3) is 0 Å². The van der Waals surface area contributed by atoms with Crippen LogP contribution in [0.1, 0.15) is 5.69 Å². The molecule has 1 aromatic heterocycles. The Labute approximate surface area is 136 Å². The van der Waals surface area contributed by atoms with Gasteiger partial charge in [0, 0.05) is 16.0 Å². The average molecular weight is 337 g/mol. The first-order chi connectivity index (χ1) is 10.6. The molecule has 0 aliphatic carbocycles. The number of carbonyl (C=O) groups excluding carboxylic acids is 2. The van der Waals surface area contributed by atoms with Crippen molar-refractivity contribution in [3.8, 4) is 0 Å². The fourth-order valence-corrected chi connectivity index (χ4v) is 2.73. The number of hydrogen-bond acceptors (Lipinski definition) is 6. The summed E-state index contributed by atoms with van der Waals surface area (Å²) in [5.74, 6) is -0.160. The van der Waals surface area contributed by atoms with Gasteiger partial charge in [-0.05, 0) is 30.5 Å². The van der Waals surface area contributed by atoms with E-state index in [1.54, 1.807) is 17.1 Å². The molecule has 6 nitrogen and oxygen atoms in total. The number of hydrogen-bond donors (Lipinski definition) is 2. The zero-order valence-electron chi connectivity index (χ0n) is 12.1. The third-order valence-corrected chi connectivity index (χ3v) is 4.21. The lowest BCUT2D eigenvalue weighted by Gasteiger charge is -2.04. The summed E-state index contributed by atoms with van der Waals surface area (Å²) >= 11 is 2.88. The predicted molar refractivity (Wildman–Crippen MR) is 88.7 cm³/mol. The van der Waals surface area contributed by atoms with E-state index < -0.39 is 6.09 Å². The minimum atomic E-state index is -0.584. The first kappa shape index (κ1) is 16.3. The van der Waals surface area contributed by atoms with Gasteiger partial charge in [-0.15, -0.1) is 23.1 Å². The number of amides is 2. The summed E-state index contributed by atoms with van der Waals surface area (Å²) in [6, 6.07) is 7.60. The molecule has 0 radical (unpaired) electrons. The van der Waals surface area contributed by atoms with E-state index in [4.69, 9.17) is 0 Å². The van der Waals surface area contributed by atoms with E-state index in [2.05, 4.69) is 20.4 Å². The highest BCUT2D eigenvalue weighted by Crippen LogP contribution is 2.19. The van der Waals surface area contributed by atoms with Crippen molar-refractivity contribution in [3.05, 3.63) is 35.3 Å². The Morgan fingerprint density at radius 3 is 2.64 bits per heavy atom. The van der Waals surface area contributed by atoms with Gasteiger partial charge in [0.2, 0.25) is 5.91 Å². The summed E-state index contributed by atoms with van der Waals surface area (Å²) < 4.78 is 4.48. The molecule has 2 aromatic rings. The Bertz CT molecular complexity index is 656. The molecule has 0 fully saturated rings. The van der Waals surface area contributed by atoms with E-state index in [0.29, 0.717) is 10.8 Å². The third-order valence-electron chi connectivity index (χ3n) is 2.66. The minimum Gasteiger partial charge on any atom is -0.453 e. The van der Waals surface area contributed by atoms with Crippen LogP contribution in [0.3, 0.4) is 0 Å². The van der Waals surface area contributed by atoms with Gasteiger partial charge in [-0.3, -0.25) is 10.1 Å². The second kappa shape index (κ2) is 7.81. The average Bonchev–Trinajstić information content (AvgIpc) is 2.94. The molecule has 0 saturated heterocycles. The van der Waals surface area contributed by atoms with Crippen LogP contribution in [0, 0.1) is 0 Å². The van der Waals surface area contributed by atoms with E-state index in [1.807, 2.05) is 30.5 Å². The van der Waals surface area contributed by atoms with Gasteiger partial charge in [-0.1, -0.05) is 0 Å². The molecule has 22 heavy (non-hydrogen) atoms. The van der Waals surface area contributed by atoms with Crippen molar-refractivity contribution in [2.45, 2.75) is 11.3 Å². The molecule has 0 saturated carbocycles. The smallest absolute Gasteiger partial charge is 0.413 e. The van der Waals surface area contributed by atoms with E-state index in [1.165, 1.54) is 18.4 Å². The SMILES string of the molecule is COC(=O)Nc1nc(CC(=O)Nc2ccc(SC)cc2)cs1. The highest BCUT2D eigenvalue weighted by atomic mass is 32.2. The molecule has 1 heterocycles. The van der Waals surface area contributed by atoms with Crippen molar-refractivity contribution in [2.75, 3.05) is 24.0 Å². The molecule has 0 aliphatic rings. The topological polar surface area (TPSA) is 80.3 Å². The van der Waals surface area contributed by atoms with Crippen molar-refractivity contribution < 1.29 is 14.3 Å². The van der Waals surface area contributed by atoms with Gasteiger partial charge < -0.3 is 10.1 Å². The molecule has 2 N–H and O–H groups in total. The fraction of sp³-hybridized carbons (Fsp3) is 0.214. The third kappa shape index (κ3) is 4.74. The van der Waals surface area contributed by atoms with Crippen LogP contribution in [0.15, 0.2) is 34.5 Å². The van der Waals surface area contributed by atoms with Crippen molar-refractivity contribution >= 4 is 45.9 Å². The summed E-state index contributed by atoms with van der Waals surface area (Å²) in [6.07, 6.45) is 1.55. The standard InChI is InChI=1S/C14H15N3O3S2/c1-20-14(19)17-13-16-10(8-22-13)7-12(18)15-9-3-5-11(21-2)6-4-9/h3-6,8H,7H2,1-2H3,(H,15,18)(H,16,17,19). The van der Waals surface area contributed by atoms with Gasteiger partial charge in [0.1, 0.15) is 0 Å². The highest BCUT2D eigenvalue weighted by molar-refractivity contribution is 7.98. The second-order valence-corrected chi connectivity index (χ2v) is 5.95. The van der Waals surface area contributed by atoms with Crippen LogP contribution in [0.5, 0.6) is 0 Å². The van der Waals surface area contributed by atoms with Crippen molar-refractivity contribution in [2.24, 2.45) is 0 Å². The number of rotatable bonds is 5. The Morgan fingerprint density at radius 1 is 1.27 bits per heavy atom. The van der Waals surface area contributed by atoms with Crippen LogP contribution >= 0.6 is 23.1 Å². The lowest BCUT2D eigenvalue weighted by atomic mass is 10.3. The fourth-order valence-electron chi connectivity index (χ4n) is 1.63. The summed E-state index contributed by atoms with van der Waals surface area (Å²) in [6.45, 7) is 0. The van der Waals surface area contributed by atoms with Crippen molar-refractivity contribution in [3.63, 3.8) is 0 Å². The molecular weight excluding hydrogens is 322 g/mol. The minimum absolute atomic E-state index is 0.142. The van der Waals surface area contributed by atoms with E-state index >= 15 is 0 Å².